The molecule has 1 aromatic heterocycles. The van der Waals surface area contributed by atoms with E-state index >= 15 is 0 Å². The lowest BCUT2D eigenvalue weighted by Gasteiger charge is -2.17. The summed E-state index contributed by atoms with van der Waals surface area (Å²) in [5.74, 6) is 2.90. The van der Waals surface area contributed by atoms with Crippen LogP contribution in [0.3, 0.4) is 0 Å². The van der Waals surface area contributed by atoms with Gasteiger partial charge in [0.1, 0.15) is 0 Å². The van der Waals surface area contributed by atoms with Gasteiger partial charge in [0.05, 0.1) is 7.11 Å². The molecule has 0 aliphatic heterocycles. The highest BCUT2D eigenvalue weighted by Gasteiger charge is 2.20. The standard InChI is InChI=1S/C20H22ClN3O2S/c1-4-24-19(14(2)26-18-12-8-7-11-17(18)25-3)22-23-20(24)27-13-15-9-5-6-10-16(15)21/h5-12,14H,4,13H2,1-3H3. The summed E-state index contributed by atoms with van der Waals surface area (Å²) in [6.07, 6.45) is -0.261. The highest BCUT2D eigenvalue weighted by molar-refractivity contribution is 7.98. The van der Waals surface area contributed by atoms with Gasteiger partial charge in [-0.3, -0.25) is 0 Å². The van der Waals surface area contributed by atoms with Crippen LogP contribution < -0.4 is 9.47 Å². The van der Waals surface area contributed by atoms with E-state index in [0.29, 0.717) is 11.5 Å². The number of aromatic nitrogens is 3. The van der Waals surface area contributed by atoms with Crippen LogP contribution in [0.2, 0.25) is 5.02 Å². The Morgan fingerprint density at radius 2 is 1.78 bits per heavy atom. The summed E-state index contributed by atoms with van der Waals surface area (Å²) in [6, 6.07) is 15.4. The summed E-state index contributed by atoms with van der Waals surface area (Å²) in [5, 5.41) is 10.3. The monoisotopic (exact) mass is 403 g/mol. The van der Waals surface area contributed by atoms with Gasteiger partial charge in [-0.25, -0.2) is 0 Å². The Balaban J connectivity index is 1.76. The fraction of sp³-hybridized carbons (Fsp3) is 0.300. The lowest BCUT2D eigenvalue weighted by Crippen LogP contribution is -2.12. The molecular weight excluding hydrogens is 382 g/mol. The van der Waals surface area contributed by atoms with Crippen molar-refractivity contribution in [1.82, 2.24) is 14.8 Å². The van der Waals surface area contributed by atoms with E-state index in [0.717, 1.165) is 33.9 Å². The first kappa shape index (κ1) is 19.6. The van der Waals surface area contributed by atoms with E-state index in [9.17, 15) is 0 Å². The Bertz CT molecular complexity index is 900. The van der Waals surface area contributed by atoms with E-state index in [4.69, 9.17) is 21.1 Å². The van der Waals surface area contributed by atoms with E-state index in [1.807, 2.05) is 55.5 Å². The lowest BCUT2D eigenvalue weighted by molar-refractivity contribution is 0.200. The Morgan fingerprint density at radius 1 is 1.07 bits per heavy atom. The Labute approximate surface area is 168 Å². The van der Waals surface area contributed by atoms with Gasteiger partial charge in [-0.15, -0.1) is 10.2 Å². The van der Waals surface area contributed by atoms with Crippen LogP contribution in [0.15, 0.2) is 53.7 Å². The maximum Gasteiger partial charge on any atom is 0.191 e. The van der Waals surface area contributed by atoms with Crippen LogP contribution in [-0.4, -0.2) is 21.9 Å². The molecule has 0 saturated heterocycles. The number of hydrogen-bond acceptors (Lipinski definition) is 5. The summed E-state index contributed by atoms with van der Waals surface area (Å²) in [6.45, 7) is 4.79. The van der Waals surface area contributed by atoms with Crippen LogP contribution in [0, 0.1) is 0 Å². The zero-order valence-corrected chi connectivity index (χ0v) is 17.1. The highest BCUT2D eigenvalue weighted by Crippen LogP contribution is 2.32. The average Bonchev–Trinajstić information content (AvgIpc) is 3.11. The van der Waals surface area contributed by atoms with Crippen molar-refractivity contribution in [2.75, 3.05) is 7.11 Å². The Morgan fingerprint density at radius 3 is 2.48 bits per heavy atom. The minimum absolute atomic E-state index is 0.261. The van der Waals surface area contributed by atoms with Gasteiger partial charge >= 0.3 is 0 Å². The van der Waals surface area contributed by atoms with Crippen LogP contribution in [0.5, 0.6) is 11.5 Å². The van der Waals surface area contributed by atoms with E-state index in [-0.39, 0.29) is 6.10 Å². The minimum Gasteiger partial charge on any atom is -0.493 e. The van der Waals surface area contributed by atoms with Crippen LogP contribution in [0.25, 0.3) is 0 Å². The zero-order chi connectivity index (χ0) is 19.2. The number of hydrogen-bond donors (Lipinski definition) is 0. The van der Waals surface area contributed by atoms with Gasteiger partial charge in [0.15, 0.2) is 28.6 Å². The molecule has 0 radical (unpaired) electrons. The van der Waals surface area contributed by atoms with Gasteiger partial charge in [-0.05, 0) is 37.6 Å². The first-order valence-corrected chi connectivity index (χ1v) is 10.1. The number of rotatable bonds is 8. The molecule has 1 heterocycles. The maximum absolute atomic E-state index is 6.25. The summed E-state index contributed by atoms with van der Waals surface area (Å²) < 4.78 is 13.5. The molecule has 0 aliphatic carbocycles. The Kier molecular flexibility index (Phi) is 6.63. The van der Waals surface area contributed by atoms with Gasteiger partial charge in [-0.2, -0.15) is 0 Å². The number of thioether (sulfide) groups is 1. The number of para-hydroxylation sites is 2. The third-order valence-corrected chi connectivity index (χ3v) is 5.50. The van der Waals surface area contributed by atoms with E-state index in [1.165, 1.54) is 0 Å². The van der Waals surface area contributed by atoms with Crippen molar-refractivity contribution >= 4 is 23.4 Å². The Hall–Kier alpha value is -2.18. The highest BCUT2D eigenvalue weighted by atomic mass is 35.5. The molecule has 0 aliphatic rings. The van der Waals surface area contributed by atoms with Crippen molar-refractivity contribution in [3.8, 4) is 11.5 Å². The van der Waals surface area contributed by atoms with Gasteiger partial charge in [0.25, 0.3) is 0 Å². The molecule has 3 aromatic rings. The first-order valence-electron chi connectivity index (χ1n) is 8.73. The van der Waals surface area contributed by atoms with Crippen molar-refractivity contribution in [3.05, 3.63) is 64.9 Å². The molecule has 27 heavy (non-hydrogen) atoms. The summed E-state index contributed by atoms with van der Waals surface area (Å²) >= 11 is 7.87. The lowest BCUT2D eigenvalue weighted by atomic mass is 10.2. The van der Waals surface area contributed by atoms with Crippen LogP contribution in [0.4, 0.5) is 0 Å². The van der Waals surface area contributed by atoms with Crippen molar-refractivity contribution < 1.29 is 9.47 Å². The van der Waals surface area contributed by atoms with Crippen LogP contribution >= 0.6 is 23.4 Å². The molecule has 0 spiro atoms. The second kappa shape index (κ2) is 9.15. The number of nitrogens with zero attached hydrogens (tertiary/aromatic N) is 3. The largest absolute Gasteiger partial charge is 0.493 e. The van der Waals surface area contributed by atoms with Crippen LogP contribution in [0.1, 0.15) is 31.3 Å². The molecule has 1 unspecified atom stereocenters. The third-order valence-electron chi connectivity index (χ3n) is 4.11. The van der Waals surface area contributed by atoms with E-state index in [1.54, 1.807) is 18.9 Å². The van der Waals surface area contributed by atoms with Gasteiger partial charge < -0.3 is 14.0 Å². The number of methoxy groups -OCH3 is 1. The molecule has 0 saturated carbocycles. The fourth-order valence-corrected chi connectivity index (χ4v) is 4.02. The van der Waals surface area contributed by atoms with Gasteiger partial charge in [0, 0.05) is 17.3 Å². The summed E-state index contributed by atoms with van der Waals surface area (Å²) in [4.78, 5) is 0. The van der Waals surface area contributed by atoms with Gasteiger partial charge in [0.2, 0.25) is 0 Å². The minimum atomic E-state index is -0.261. The zero-order valence-electron chi connectivity index (χ0n) is 15.6. The van der Waals surface area contributed by atoms with Crippen molar-refractivity contribution in [3.63, 3.8) is 0 Å². The fourth-order valence-electron chi connectivity index (χ4n) is 2.72. The van der Waals surface area contributed by atoms with E-state index < -0.39 is 0 Å². The molecule has 7 heteroatoms. The molecular formula is C20H22ClN3O2S. The predicted octanol–water partition coefficient (Wildman–Crippen LogP) is 5.39. The topological polar surface area (TPSA) is 49.2 Å². The molecule has 0 amide bonds. The van der Waals surface area contributed by atoms with Crippen LogP contribution in [-0.2, 0) is 12.3 Å². The van der Waals surface area contributed by atoms with Crippen molar-refractivity contribution in [2.45, 2.75) is 37.4 Å². The van der Waals surface area contributed by atoms with Crippen molar-refractivity contribution in [2.24, 2.45) is 0 Å². The normalized spacial score (nSPS) is 12.0. The molecule has 0 fully saturated rings. The molecule has 142 valence electrons. The van der Waals surface area contributed by atoms with Crippen molar-refractivity contribution in [1.29, 1.82) is 0 Å². The smallest absolute Gasteiger partial charge is 0.191 e. The molecule has 2 aromatic carbocycles. The SMILES string of the molecule is CCn1c(SCc2ccccc2Cl)nnc1C(C)Oc1ccccc1OC. The molecule has 3 rings (SSSR count). The first-order chi connectivity index (χ1) is 13.1. The van der Waals surface area contributed by atoms with Gasteiger partial charge in [-0.1, -0.05) is 53.7 Å². The molecule has 0 N–H and O–H groups in total. The number of ether oxygens (including phenoxy) is 2. The number of benzene rings is 2. The summed E-state index contributed by atoms with van der Waals surface area (Å²) in [5.41, 5.74) is 1.08. The average molecular weight is 404 g/mol. The quantitative estimate of drug-likeness (QED) is 0.472. The second-order valence-electron chi connectivity index (χ2n) is 5.88. The summed E-state index contributed by atoms with van der Waals surface area (Å²) in [7, 11) is 1.63. The third kappa shape index (κ3) is 4.57. The molecule has 0 bridgehead atoms. The molecule has 1 atom stereocenters. The maximum atomic E-state index is 6.25. The second-order valence-corrected chi connectivity index (χ2v) is 7.23. The van der Waals surface area contributed by atoms with E-state index in [2.05, 4.69) is 21.7 Å². The molecule has 5 nitrogen and oxygen atoms in total. The number of halogens is 1. The predicted molar refractivity (Wildman–Crippen MR) is 109 cm³/mol.